The minimum absolute atomic E-state index is 0.239. The molecule has 0 aliphatic heterocycles. The molecule has 0 aliphatic carbocycles. The summed E-state index contributed by atoms with van der Waals surface area (Å²) in [4.78, 5) is 15.8. The van der Waals surface area contributed by atoms with Gasteiger partial charge in [-0.2, -0.15) is 4.68 Å². The van der Waals surface area contributed by atoms with Gasteiger partial charge in [-0.05, 0) is 41.1 Å². The van der Waals surface area contributed by atoms with E-state index in [0.29, 0.717) is 36.1 Å². The SMILES string of the molecule is C=CC(=O)NCCNC(c1cncc(OC)c1C)c1nnnn1-c1ccccc1OC. The van der Waals surface area contributed by atoms with Crippen molar-refractivity contribution in [1.29, 1.82) is 0 Å². The van der Waals surface area contributed by atoms with Gasteiger partial charge in [0.2, 0.25) is 5.91 Å². The zero-order valence-electron chi connectivity index (χ0n) is 17.7. The van der Waals surface area contributed by atoms with Crippen LogP contribution in [-0.4, -0.2) is 58.4 Å². The van der Waals surface area contributed by atoms with E-state index in [9.17, 15) is 4.79 Å². The number of carbonyl (C=O) groups excluding carboxylic acids is 1. The second-order valence-corrected chi connectivity index (χ2v) is 6.56. The van der Waals surface area contributed by atoms with E-state index in [1.807, 2.05) is 31.2 Å². The molecule has 0 saturated heterocycles. The molecule has 2 heterocycles. The number of methoxy groups -OCH3 is 2. The molecule has 10 heteroatoms. The van der Waals surface area contributed by atoms with Gasteiger partial charge in [0.25, 0.3) is 0 Å². The lowest BCUT2D eigenvalue weighted by atomic mass is 10.0. The van der Waals surface area contributed by atoms with Crippen LogP contribution in [0.2, 0.25) is 0 Å². The van der Waals surface area contributed by atoms with Crippen molar-refractivity contribution in [2.45, 2.75) is 13.0 Å². The van der Waals surface area contributed by atoms with Gasteiger partial charge in [-0.3, -0.25) is 9.78 Å². The zero-order valence-corrected chi connectivity index (χ0v) is 17.7. The third kappa shape index (κ3) is 4.86. The summed E-state index contributed by atoms with van der Waals surface area (Å²) in [6.07, 6.45) is 4.64. The standard InChI is InChI=1S/C21H25N7O3/c1-5-19(29)23-10-11-24-20(15-12-22-13-18(31-4)14(15)2)21-25-26-27-28(21)16-8-6-7-9-17(16)30-3/h5-9,12-13,20,24H,1,10-11H2,2-4H3,(H,23,29). The average Bonchev–Trinajstić information content (AvgIpc) is 3.28. The van der Waals surface area contributed by atoms with Crippen molar-refractivity contribution in [2.75, 3.05) is 27.3 Å². The number of tetrazole rings is 1. The monoisotopic (exact) mass is 423 g/mol. The molecule has 0 spiro atoms. The number of nitrogens with zero attached hydrogens (tertiary/aromatic N) is 5. The Labute approximate surface area is 180 Å². The van der Waals surface area contributed by atoms with Crippen molar-refractivity contribution in [3.05, 3.63) is 66.3 Å². The second-order valence-electron chi connectivity index (χ2n) is 6.56. The van der Waals surface area contributed by atoms with Crippen molar-refractivity contribution < 1.29 is 14.3 Å². The van der Waals surface area contributed by atoms with Gasteiger partial charge in [0.1, 0.15) is 17.2 Å². The quantitative estimate of drug-likeness (QED) is 0.371. The third-order valence-electron chi connectivity index (χ3n) is 4.76. The zero-order chi connectivity index (χ0) is 22.2. The lowest BCUT2D eigenvalue weighted by Crippen LogP contribution is -2.34. The van der Waals surface area contributed by atoms with Crippen LogP contribution in [0.5, 0.6) is 11.5 Å². The maximum absolute atomic E-state index is 11.5. The number of amides is 1. The number of rotatable bonds is 10. The summed E-state index contributed by atoms with van der Waals surface area (Å²) < 4.78 is 12.5. The Morgan fingerprint density at radius 3 is 2.71 bits per heavy atom. The Hall–Kier alpha value is -3.79. The van der Waals surface area contributed by atoms with Gasteiger partial charge in [-0.15, -0.1) is 5.10 Å². The van der Waals surface area contributed by atoms with E-state index >= 15 is 0 Å². The Balaban J connectivity index is 2.01. The maximum Gasteiger partial charge on any atom is 0.243 e. The van der Waals surface area contributed by atoms with Crippen molar-refractivity contribution in [2.24, 2.45) is 0 Å². The smallest absolute Gasteiger partial charge is 0.243 e. The first-order chi connectivity index (χ1) is 15.1. The van der Waals surface area contributed by atoms with Crippen LogP contribution in [0.25, 0.3) is 5.69 Å². The first kappa shape index (κ1) is 21.9. The van der Waals surface area contributed by atoms with Gasteiger partial charge < -0.3 is 20.1 Å². The minimum atomic E-state index is -0.428. The summed E-state index contributed by atoms with van der Waals surface area (Å²) in [6, 6.07) is 7.04. The molecule has 1 amide bonds. The molecule has 162 valence electrons. The molecule has 2 N–H and O–H groups in total. The Bertz CT molecular complexity index is 1050. The largest absolute Gasteiger partial charge is 0.495 e. The molecular weight excluding hydrogens is 398 g/mol. The molecule has 0 aliphatic rings. The number of hydrogen-bond acceptors (Lipinski definition) is 8. The van der Waals surface area contributed by atoms with E-state index in [1.54, 1.807) is 31.3 Å². The van der Waals surface area contributed by atoms with E-state index in [-0.39, 0.29) is 5.91 Å². The molecule has 1 aromatic carbocycles. The number of carbonyl (C=O) groups is 1. The summed E-state index contributed by atoms with van der Waals surface area (Å²) in [6.45, 7) is 6.26. The molecule has 3 rings (SSSR count). The fraction of sp³-hybridized carbons (Fsp3) is 0.286. The van der Waals surface area contributed by atoms with Crippen LogP contribution in [0.15, 0.2) is 49.3 Å². The number of nitrogens with one attached hydrogen (secondary N) is 2. The molecule has 0 radical (unpaired) electrons. The summed E-state index contributed by atoms with van der Waals surface area (Å²) in [5, 5.41) is 18.5. The number of aromatic nitrogens is 5. The Morgan fingerprint density at radius 2 is 1.97 bits per heavy atom. The highest BCUT2D eigenvalue weighted by molar-refractivity contribution is 5.86. The van der Waals surface area contributed by atoms with E-state index in [4.69, 9.17) is 9.47 Å². The van der Waals surface area contributed by atoms with Crippen LogP contribution < -0.4 is 20.1 Å². The number of benzene rings is 1. The fourth-order valence-corrected chi connectivity index (χ4v) is 3.18. The van der Waals surface area contributed by atoms with Gasteiger partial charge in [0.05, 0.1) is 26.5 Å². The molecule has 10 nitrogen and oxygen atoms in total. The van der Waals surface area contributed by atoms with Gasteiger partial charge >= 0.3 is 0 Å². The van der Waals surface area contributed by atoms with Crippen LogP contribution >= 0.6 is 0 Å². The van der Waals surface area contributed by atoms with Crippen LogP contribution in [0.4, 0.5) is 0 Å². The highest BCUT2D eigenvalue weighted by atomic mass is 16.5. The maximum atomic E-state index is 11.5. The van der Waals surface area contributed by atoms with E-state index in [2.05, 4.69) is 37.7 Å². The fourth-order valence-electron chi connectivity index (χ4n) is 3.18. The van der Waals surface area contributed by atoms with Crippen molar-refractivity contribution in [3.8, 4) is 17.2 Å². The summed E-state index contributed by atoms with van der Waals surface area (Å²) >= 11 is 0. The lowest BCUT2D eigenvalue weighted by Gasteiger charge is -2.21. The van der Waals surface area contributed by atoms with Gasteiger partial charge in [0.15, 0.2) is 5.82 Å². The summed E-state index contributed by atoms with van der Waals surface area (Å²) in [7, 11) is 3.19. The molecule has 2 aromatic heterocycles. The predicted molar refractivity (Wildman–Crippen MR) is 114 cm³/mol. The summed E-state index contributed by atoms with van der Waals surface area (Å²) in [5.74, 6) is 1.59. The van der Waals surface area contributed by atoms with E-state index in [1.165, 1.54) is 6.08 Å². The van der Waals surface area contributed by atoms with Crippen LogP contribution in [0.1, 0.15) is 23.0 Å². The normalized spacial score (nSPS) is 11.6. The number of pyridine rings is 1. The van der Waals surface area contributed by atoms with Crippen molar-refractivity contribution in [3.63, 3.8) is 0 Å². The van der Waals surface area contributed by atoms with Crippen molar-refractivity contribution >= 4 is 5.91 Å². The average molecular weight is 423 g/mol. The van der Waals surface area contributed by atoms with Crippen molar-refractivity contribution in [1.82, 2.24) is 35.8 Å². The molecule has 0 saturated carbocycles. The highest BCUT2D eigenvalue weighted by Crippen LogP contribution is 2.30. The second kappa shape index (κ2) is 10.3. The number of para-hydroxylation sites is 2. The van der Waals surface area contributed by atoms with E-state index in [0.717, 1.165) is 11.1 Å². The molecule has 3 aromatic rings. The molecule has 0 fully saturated rings. The molecule has 1 unspecified atom stereocenters. The van der Waals surface area contributed by atoms with Gasteiger partial charge in [-0.25, -0.2) is 0 Å². The van der Waals surface area contributed by atoms with Crippen LogP contribution in [0.3, 0.4) is 0 Å². The molecule has 31 heavy (non-hydrogen) atoms. The Kier molecular flexibility index (Phi) is 7.28. The van der Waals surface area contributed by atoms with Crippen LogP contribution in [-0.2, 0) is 4.79 Å². The molecular formula is C21H25N7O3. The minimum Gasteiger partial charge on any atom is -0.495 e. The number of hydrogen-bond donors (Lipinski definition) is 2. The first-order valence-corrected chi connectivity index (χ1v) is 9.64. The molecule has 0 bridgehead atoms. The van der Waals surface area contributed by atoms with Crippen LogP contribution in [0, 0.1) is 6.92 Å². The topological polar surface area (TPSA) is 116 Å². The highest BCUT2D eigenvalue weighted by Gasteiger charge is 2.25. The van der Waals surface area contributed by atoms with Gasteiger partial charge in [-0.1, -0.05) is 18.7 Å². The van der Waals surface area contributed by atoms with E-state index < -0.39 is 6.04 Å². The molecule has 1 atom stereocenters. The Morgan fingerprint density at radius 1 is 1.19 bits per heavy atom. The first-order valence-electron chi connectivity index (χ1n) is 9.64. The third-order valence-corrected chi connectivity index (χ3v) is 4.76. The lowest BCUT2D eigenvalue weighted by molar-refractivity contribution is -0.116. The summed E-state index contributed by atoms with van der Waals surface area (Å²) in [5.41, 5.74) is 2.45. The van der Waals surface area contributed by atoms with Gasteiger partial charge in [0, 0.05) is 24.8 Å². The predicted octanol–water partition coefficient (Wildman–Crippen LogP) is 1.36. The number of ether oxygens (including phenoxy) is 2.